The Labute approximate surface area is 262 Å². The van der Waals surface area contributed by atoms with Gasteiger partial charge in [0.05, 0.1) is 5.56 Å². The smallest absolute Gasteiger partial charge is 0.338 e. The van der Waals surface area contributed by atoms with Crippen LogP contribution in [0.2, 0.25) is 0 Å². The van der Waals surface area contributed by atoms with E-state index in [-0.39, 0.29) is 18.7 Å². The molecule has 4 heteroatoms. The Hall–Kier alpha value is -2.17. The first-order chi connectivity index (χ1) is 21.1. The van der Waals surface area contributed by atoms with Crippen LogP contribution in [0.1, 0.15) is 162 Å². The Morgan fingerprint density at radius 1 is 0.698 bits per heavy atom. The molecule has 0 radical (unpaired) electrons. The molecule has 0 amide bonds. The quantitative estimate of drug-likeness (QED) is 0.0795. The van der Waals surface area contributed by atoms with E-state index in [0.29, 0.717) is 24.0 Å². The average molecular weight is 591 g/mol. The molecule has 2 aliphatic rings. The maximum absolute atomic E-state index is 12.6. The summed E-state index contributed by atoms with van der Waals surface area (Å²) in [5, 5.41) is 0. The van der Waals surface area contributed by atoms with Crippen LogP contribution in [0, 0.1) is 11.8 Å². The van der Waals surface area contributed by atoms with Crippen LogP contribution in [0.5, 0.6) is 0 Å². The molecule has 1 atom stereocenters. The summed E-state index contributed by atoms with van der Waals surface area (Å²) >= 11 is 0. The number of benzene rings is 2. The lowest BCUT2D eigenvalue weighted by Gasteiger charge is -2.29. The third-order valence-electron chi connectivity index (χ3n) is 10.1. The van der Waals surface area contributed by atoms with Gasteiger partial charge in [-0.05, 0) is 111 Å². The lowest BCUT2D eigenvalue weighted by Crippen LogP contribution is -2.19. The monoisotopic (exact) mass is 590 g/mol. The van der Waals surface area contributed by atoms with Crippen molar-refractivity contribution in [1.82, 2.24) is 0 Å². The molecule has 0 heterocycles. The van der Waals surface area contributed by atoms with Gasteiger partial charge in [0.15, 0.2) is 0 Å². The molecule has 0 N–H and O–H groups in total. The van der Waals surface area contributed by atoms with Crippen molar-refractivity contribution >= 4 is 5.97 Å². The molecule has 1 unspecified atom stereocenters. The third-order valence-corrected chi connectivity index (χ3v) is 10.1. The van der Waals surface area contributed by atoms with Crippen LogP contribution in [-0.4, -0.2) is 18.7 Å². The maximum Gasteiger partial charge on any atom is 0.338 e. The van der Waals surface area contributed by atoms with Gasteiger partial charge in [-0.25, -0.2) is 14.6 Å². The number of rotatable bonds is 17. The molecule has 2 fully saturated rings. The molecule has 2 aromatic carbocycles. The maximum atomic E-state index is 12.6. The molecule has 4 nitrogen and oxygen atoms in total. The van der Waals surface area contributed by atoms with E-state index in [4.69, 9.17) is 14.5 Å². The summed E-state index contributed by atoms with van der Waals surface area (Å²) in [4.78, 5) is 23.6. The van der Waals surface area contributed by atoms with Gasteiger partial charge in [-0.2, -0.15) is 0 Å². The largest absolute Gasteiger partial charge is 0.459 e. The van der Waals surface area contributed by atoms with Crippen LogP contribution in [0.3, 0.4) is 0 Å². The van der Waals surface area contributed by atoms with E-state index in [9.17, 15) is 4.79 Å². The minimum atomic E-state index is -0.345. The molecule has 2 saturated carbocycles. The molecule has 0 saturated heterocycles. The fourth-order valence-corrected chi connectivity index (χ4v) is 7.23. The fourth-order valence-electron chi connectivity index (χ4n) is 7.23. The van der Waals surface area contributed by atoms with Gasteiger partial charge in [0.2, 0.25) is 0 Å². The number of hydrogen-bond acceptors (Lipinski definition) is 4. The summed E-state index contributed by atoms with van der Waals surface area (Å²) in [5.74, 6) is 2.85. The molecule has 4 rings (SSSR count). The van der Waals surface area contributed by atoms with Crippen LogP contribution >= 0.6 is 0 Å². The number of ether oxygens (including phenoxy) is 1. The minimum Gasteiger partial charge on any atom is -0.459 e. The highest BCUT2D eigenvalue weighted by atomic mass is 17.2. The van der Waals surface area contributed by atoms with Gasteiger partial charge < -0.3 is 4.74 Å². The van der Waals surface area contributed by atoms with Crippen molar-refractivity contribution in [2.75, 3.05) is 6.61 Å². The van der Waals surface area contributed by atoms with Crippen LogP contribution in [0.15, 0.2) is 48.5 Å². The van der Waals surface area contributed by atoms with Gasteiger partial charge >= 0.3 is 5.97 Å². The van der Waals surface area contributed by atoms with Crippen molar-refractivity contribution in [1.29, 1.82) is 0 Å². The predicted octanol–water partition coefficient (Wildman–Crippen LogP) is 11.1. The summed E-state index contributed by atoms with van der Waals surface area (Å²) in [6.45, 7) is 6.96. The van der Waals surface area contributed by atoms with E-state index < -0.39 is 0 Å². The second-order valence-electron chi connectivity index (χ2n) is 13.6. The molecule has 2 aromatic rings. The summed E-state index contributed by atoms with van der Waals surface area (Å²) in [5.41, 5.74) is 4.49. The first kappa shape index (κ1) is 33.7. The minimum absolute atomic E-state index is 0.155. The molecule has 0 spiro atoms. The number of esters is 1. The summed E-state index contributed by atoms with van der Waals surface area (Å²) < 4.78 is 5.51. The molecule has 2 aliphatic carbocycles. The highest BCUT2D eigenvalue weighted by Crippen LogP contribution is 2.39. The zero-order chi connectivity index (χ0) is 30.3. The van der Waals surface area contributed by atoms with Crippen LogP contribution in [-0.2, 0) is 21.1 Å². The lowest BCUT2D eigenvalue weighted by atomic mass is 9.77. The molecular formula is C39H58O4. The molecule has 238 valence electrons. The molecule has 0 aromatic heterocycles. The first-order valence-electron chi connectivity index (χ1n) is 17.7. The zero-order valence-electron chi connectivity index (χ0n) is 27.4. The fraction of sp³-hybridized carbons (Fsp3) is 0.667. The van der Waals surface area contributed by atoms with Gasteiger partial charge in [0, 0.05) is 0 Å². The Morgan fingerprint density at radius 3 is 1.67 bits per heavy atom. The number of hydrogen-bond donors (Lipinski definition) is 0. The second kappa shape index (κ2) is 18.6. The topological polar surface area (TPSA) is 44.8 Å². The van der Waals surface area contributed by atoms with Crippen LogP contribution in [0.4, 0.5) is 0 Å². The van der Waals surface area contributed by atoms with E-state index in [1.54, 1.807) is 0 Å². The highest BCUT2D eigenvalue weighted by Gasteiger charge is 2.23. The zero-order valence-corrected chi connectivity index (χ0v) is 27.4. The summed E-state index contributed by atoms with van der Waals surface area (Å²) in [6.07, 6.45) is 21.2. The predicted molar refractivity (Wildman–Crippen MR) is 176 cm³/mol. The van der Waals surface area contributed by atoms with E-state index in [0.717, 1.165) is 17.4 Å². The second-order valence-corrected chi connectivity index (χ2v) is 13.6. The molecular weight excluding hydrogens is 532 g/mol. The van der Waals surface area contributed by atoms with Gasteiger partial charge in [-0.1, -0.05) is 102 Å². The SMILES string of the molecule is CCCCCC1CCC(c2ccc(COOC(C)COC(=O)c3ccc(C4CCC(CCCCC)CC4)cc3)cc2)CC1. The average Bonchev–Trinajstić information content (AvgIpc) is 3.05. The Kier molecular flexibility index (Phi) is 14.6. The summed E-state index contributed by atoms with van der Waals surface area (Å²) in [6, 6.07) is 16.9. The number of carbonyl (C=O) groups excluding carboxylic acids is 1. The van der Waals surface area contributed by atoms with Crippen molar-refractivity contribution in [2.24, 2.45) is 11.8 Å². The van der Waals surface area contributed by atoms with Crippen molar-refractivity contribution in [2.45, 2.75) is 148 Å². The highest BCUT2D eigenvalue weighted by molar-refractivity contribution is 5.89. The Morgan fingerprint density at radius 2 is 1.19 bits per heavy atom. The summed E-state index contributed by atoms with van der Waals surface area (Å²) in [7, 11) is 0. The Bertz CT molecular complexity index is 1030. The van der Waals surface area contributed by atoms with Crippen molar-refractivity contribution in [3.05, 3.63) is 70.8 Å². The number of carbonyl (C=O) groups is 1. The Balaban J connectivity index is 1.09. The van der Waals surface area contributed by atoms with Crippen LogP contribution in [0.25, 0.3) is 0 Å². The number of unbranched alkanes of at least 4 members (excludes halogenated alkanes) is 4. The molecule has 43 heavy (non-hydrogen) atoms. The standard InChI is InChI=1S/C39H58O4/c1-4-6-8-10-31-12-18-34(19-13-31)36-22-16-33(17-23-36)29-42-43-30(3)28-41-39(40)38-26-24-37(25-27-38)35-20-14-32(15-21-35)11-9-7-5-2/h16-17,22-27,30-32,34-35H,4-15,18-21,28-29H2,1-3H3. The first-order valence-corrected chi connectivity index (χ1v) is 17.7. The normalized spacial score (nSPS) is 23.1. The van der Waals surface area contributed by atoms with Gasteiger partial charge in [-0.15, -0.1) is 0 Å². The van der Waals surface area contributed by atoms with Crippen molar-refractivity contribution in [3.8, 4) is 0 Å². The van der Waals surface area contributed by atoms with Crippen molar-refractivity contribution < 1.29 is 19.3 Å². The van der Waals surface area contributed by atoms with Crippen LogP contribution < -0.4 is 0 Å². The molecule has 0 aliphatic heterocycles. The van der Waals surface area contributed by atoms with Gasteiger partial charge in [-0.3, -0.25) is 0 Å². The van der Waals surface area contributed by atoms with E-state index in [1.165, 1.54) is 114 Å². The van der Waals surface area contributed by atoms with Gasteiger partial charge in [0.1, 0.15) is 19.3 Å². The van der Waals surface area contributed by atoms with E-state index >= 15 is 0 Å². The third kappa shape index (κ3) is 11.4. The van der Waals surface area contributed by atoms with Gasteiger partial charge in [0.25, 0.3) is 0 Å². The molecule has 0 bridgehead atoms. The van der Waals surface area contributed by atoms with Crippen molar-refractivity contribution in [3.63, 3.8) is 0 Å². The van der Waals surface area contributed by atoms with E-state index in [1.807, 2.05) is 19.1 Å². The lowest BCUT2D eigenvalue weighted by molar-refractivity contribution is -0.333. The van der Waals surface area contributed by atoms with E-state index in [2.05, 4.69) is 50.2 Å².